The highest BCUT2D eigenvalue weighted by Crippen LogP contribution is 2.29. The SMILES string of the molecule is COc1ccc(NC(=O)c2cnc(NCCC(C)C)nc2)c(OC)c1. The fourth-order valence-corrected chi connectivity index (χ4v) is 2.11. The van der Waals surface area contributed by atoms with Crippen molar-refractivity contribution in [2.75, 3.05) is 31.4 Å². The number of anilines is 2. The highest BCUT2D eigenvalue weighted by atomic mass is 16.5. The highest BCUT2D eigenvalue weighted by molar-refractivity contribution is 6.04. The fourth-order valence-electron chi connectivity index (χ4n) is 2.11. The largest absolute Gasteiger partial charge is 0.497 e. The van der Waals surface area contributed by atoms with E-state index in [-0.39, 0.29) is 5.91 Å². The lowest BCUT2D eigenvalue weighted by Crippen LogP contribution is -2.14. The zero-order valence-corrected chi connectivity index (χ0v) is 15.0. The van der Waals surface area contributed by atoms with Crippen LogP contribution in [-0.4, -0.2) is 36.6 Å². The zero-order valence-electron chi connectivity index (χ0n) is 15.0. The Kier molecular flexibility index (Phi) is 6.56. The maximum absolute atomic E-state index is 12.4. The second-order valence-electron chi connectivity index (χ2n) is 5.92. The van der Waals surface area contributed by atoms with Crippen LogP contribution >= 0.6 is 0 Å². The van der Waals surface area contributed by atoms with Crippen LogP contribution in [0.2, 0.25) is 0 Å². The molecular weight excluding hydrogens is 320 g/mol. The molecular formula is C18H24N4O3. The van der Waals surface area contributed by atoms with E-state index in [0.29, 0.717) is 34.6 Å². The van der Waals surface area contributed by atoms with Crippen LogP contribution in [0.4, 0.5) is 11.6 Å². The van der Waals surface area contributed by atoms with Crippen molar-refractivity contribution in [1.82, 2.24) is 9.97 Å². The Morgan fingerprint density at radius 2 is 1.88 bits per heavy atom. The van der Waals surface area contributed by atoms with Crippen molar-refractivity contribution in [2.45, 2.75) is 20.3 Å². The first kappa shape index (κ1) is 18.5. The van der Waals surface area contributed by atoms with E-state index in [9.17, 15) is 4.79 Å². The van der Waals surface area contributed by atoms with Crippen molar-refractivity contribution in [1.29, 1.82) is 0 Å². The second kappa shape index (κ2) is 8.86. The zero-order chi connectivity index (χ0) is 18.2. The Bertz CT molecular complexity index is 702. The number of rotatable bonds is 8. The van der Waals surface area contributed by atoms with Crippen LogP contribution in [0.15, 0.2) is 30.6 Å². The van der Waals surface area contributed by atoms with E-state index < -0.39 is 0 Å². The summed E-state index contributed by atoms with van der Waals surface area (Å²) in [5.41, 5.74) is 0.916. The molecule has 2 N–H and O–H groups in total. The summed E-state index contributed by atoms with van der Waals surface area (Å²) in [6, 6.07) is 5.17. The van der Waals surface area contributed by atoms with Crippen LogP contribution in [0.1, 0.15) is 30.6 Å². The number of hydrogen-bond acceptors (Lipinski definition) is 6. The molecule has 1 heterocycles. The van der Waals surface area contributed by atoms with Crippen molar-refractivity contribution in [3.63, 3.8) is 0 Å². The average Bonchev–Trinajstić information content (AvgIpc) is 2.62. The number of nitrogens with zero attached hydrogens (tertiary/aromatic N) is 2. The number of methoxy groups -OCH3 is 2. The van der Waals surface area contributed by atoms with Crippen molar-refractivity contribution in [3.8, 4) is 11.5 Å². The summed E-state index contributed by atoms with van der Waals surface area (Å²) >= 11 is 0. The number of benzene rings is 1. The summed E-state index contributed by atoms with van der Waals surface area (Å²) in [4.78, 5) is 20.7. The van der Waals surface area contributed by atoms with Gasteiger partial charge in [-0.3, -0.25) is 4.79 Å². The summed E-state index contributed by atoms with van der Waals surface area (Å²) in [7, 11) is 3.10. The van der Waals surface area contributed by atoms with Crippen LogP contribution in [0.5, 0.6) is 11.5 Å². The van der Waals surface area contributed by atoms with Crippen LogP contribution in [0.25, 0.3) is 0 Å². The topological polar surface area (TPSA) is 85.4 Å². The van der Waals surface area contributed by atoms with Gasteiger partial charge in [-0.1, -0.05) is 13.8 Å². The molecule has 2 rings (SSSR count). The van der Waals surface area contributed by atoms with Crippen molar-refractivity contribution < 1.29 is 14.3 Å². The van der Waals surface area contributed by atoms with Gasteiger partial charge in [0, 0.05) is 25.0 Å². The number of nitrogens with one attached hydrogen (secondary N) is 2. The highest BCUT2D eigenvalue weighted by Gasteiger charge is 2.12. The lowest BCUT2D eigenvalue weighted by atomic mass is 10.1. The maximum Gasteiger partial charge on any atom is 0.258 e. The van der Waals surface area contributed by atoms with Crippen molar-refractivity contribution in [2.24, 2.45) is 5.92 Å². The van der Waals surface area contributed by atoms with Gasteiger partial charge in [0.05, 0.1) is 25.5 Å². The number of hydrogen-bond donors (Lipinski definition) is 2. The molecule has 0 radical (unpaired) electrons. The molecule has 7 heteroatoms. The minimum absolute atomic E-state index is 0.308. The summed E-state index contributed by atoms with van der Waals surface area (Å²) in [5.74, 6) is 1.98. The lowest BCUT2D eigenvalue weighted by Gasteiger charge is -2.11. The number of ether oxygens (including phenoxy) is 2. The van der Waals surface area contributed by atoms with Crippen LogP contribution in [0.3, 0.4) is 0 Å². The van der Waals surface area contributed by atoms with Gasteiger partial charge in [-0.15, -0.1) is 0 Å². The Morgan fingerprint density at radius 3 is 2.48 bits per heavy atom. The molecule has 0 aliphatic carbocycles. The van der Waals surface area contributed by atoms with Gasteiger partial charge < -0.3 is 20.1 Å². The number of aromatic nitrogens is 2. The molecule has 0 unspecified atom stereocenters. The molecule has 7 nitrogen and oxygen atoms in total. The first-order chi connectivity index (χ1) is 12.0. The van der Waals surface area contributed by atoms with E-state index in [1.54, 1.807) is 25.3 Å². The molecule has 1 aromatic heterocycles. The molecule has 0 saturated carbocycles. The van der Waals surface area contributed by atoms with Gasteiger partial charge in [-0.05, 0) is 24.5 Å². The average molecular weight is 344 g/mol. The smallest absolute Gasteiger partial charge is 0.258 e. The molecule has 0 fully saturated rings. The van der Waals surface area contributed by atoms with Crippen LogP contribution in [0, 0.1) is 5.92 Å². The molecule has 2 aromatic rings. The van der Waals surface area contributed by atoms with E-state index in [1.807, 2.05) is 0 Å². The third-order valence-electron chi connectivity index (χ3n) is 3.58. The van der Waals surface area contributed by atoms with E-state index in [2.05, 4.69) is 34.4 Å². The first-order valence-corrected chi connectivity index (χ1v) is 8.12. The van der Waals surface area contributed by atoms with Gasteiger partial charge in [0.2, 0.25) is 5.95 Å². The third kappa shape index (κ3) is 5.34. The first-order valence-electron chi connectivity index (χ1n) is 8.12. The van der Waals surface area contributed by atoms with E-state index in [1.165, 1.54) is 19.5 Å². The summed E-state index contributed by atoms with van der Waals surface area (Å²) in [6.07, 6.45) is 4.02. The minimum Gasteiger partial charge on any atom is -0.497 e. The predicted octanol–water partition coefficient (Wildman–Crippen LogP) is 3.20. The molecule has 1 aromatic carbocycles. The quantitative estimate of drug-likeness (QED) is 0.765. The molecule has 0 saturated heterocycles. The second-order valence-corrected chi connectivity index (χ2v) is 5.92. The number of carbonyl (C=O) groups excluding carboxylic acids is 1. The van der Waals surface area contributed by atoms with Crippen molar-refractivity contribution >= 4 is 17.5 Å². The Hall–Kier alpha value is -2.83. The molecule has 25 heavy (non-hydrogen) atoms. The van der Waals surface area contributed by atoms with Gasteiger partial charge in [0.1, 0.15) is 11.5 Å². The Labute approximate surface area is 147 Å². The summed E-state index contributed by atoms with van der Waals surface area (Å²) < 4.78 is 10.4. The molecule has 0 aliphatic rings. The molecule has 0 atom stereocenters. The Balaban J connectivity index is 2.01. The Morgan fingerprint density at radius 1 is 1.16 bits per heavy atom. The predicted molar refractivity (Wildman–Crippen MR) is 97.5 cm³/mol. The minimum atomic E-state index is -0.308. The van der Waals surface area contributed by atoms with Gasteiger partial charge in [0.25, 0.3) is 5.91 Å². The lowest BCUT2D eigenvalue weighted by molar-refractivity contribution is 0.102. The molecule has 0 spiro atoms. The van der Waals surface area contributed by atoms with Gasteiger partial charge >= 0.3 is 0 Å². The van der Waals surface area contributed by atoms with E-state index in [0.717, 1.165) is 13.0 Å². The normalized spacial score (nSPS) is 10.4. The summed E-state index contributed by atoms with van der Waals surface area (Å²) in [6.45, 7) is 5.11. The summed E-state index contributed by atoms with van der Waals surface area (Å²) in [5, 5.41) is 5.92. The van der Waals surface area contributed by atoms with Crippen LogP contribution in [-0.2, 0) is 0 Å². The van der Waals surface area contributed by atoms with E-state index in [4.69, 9.17) is 9.47 Å². The monoisotopic (exact) mass is 344 g/mol. The third-order valence-corrected chi connectivity index (χ3v) is 3.58. The number of carbonyl (C=O) groups is 1. The number of amides is 1. The van der Waals surface area contributed by atoms with Gasteiger partial charge in [-0.2, -0.15) is 0 Å². The van der Waals surface area contributed by atoms with Crippen molar-refractivity contribution in [3.05, 3.63) is 36.2 Å². The van der Waals surface area contributed by atoms with Crippen LogP contribution < -0.4 is 20.1 Å². The molecule has 0 bridgehead atoms. The molecule has 134 valence electrons. The standard InChI is InChI=1S/C18H24N4O3/c1-12(2)7-8-19-18-20-10-13(11-21-18)17(23)22-15-6-5-14(24-3)9-16(15)25-4/h5-6,9-12H,7-8H2,1-4H3,(H,22,23)(H,19,20,21). The maximum atomic E-state index is 12.4. The van der Waals surface area contributed by atoms with Gasteiger partial charge in [-0.25, -0.2) is 9.97 Å². The molecule has 0 aliphatic heterocycles. The molecule has 1 amide bonds. The fraction of sp³-hybridized carbons (Fsp3) is 0.389. The van der Waals surface area contributed by atoms with E-state index >= 15 is 0 Å². The van der Waals surface area contributed by atoms with Gasteiger partial charge in [0.15, 0.2) is 0 Å².